The first kappa shape index (κ1) is 12.3. The SMILES string of the molecule is CCC1=C(C)C(C)=C(C)CCC(C)=C1C. The highest BCUT2D eigenvalue weighted by Gasteiger charge is 2.12. The van der Waals surface area contributed by atoms with Gasteiger partial charge in [0.15, 0.2) is 0 Å². The van der Waals surface area contributed by atoms with Crippen molar-refractivity contribution in [3.8, 4) is 0 Å². The molecule has 0 heterocycles. The summed E-state index contributed by atoms with van der Waals surface area (Å²) < 4.78 is 0. The maximum absolute atomic E-state index is 2.28. The van der Waals surface area contributed by atoms with Crippen molar-refractivity contribution in [3.05, 3.63) is 33.4 Å². The van der Waals surface area contributed by atoms with Gasteiger partial charge in [-0.15, -0.1) is 0 Å². The van der Waals surface area contributed by atoms with Gasteiger partial charge in [0.25, 0.3) is 0 Å². The Bertz CT molecular complexity index is 348. The van der Waals surface area contributed by atoms with Crippen molar-refractivity contribution >= 4 is 0 Å². The fraction of sp³-hybridized carbons (Fsp3) is 0.600. The summed E-state index contributed by atoms with van der Waals surface area (Å²) in [6.07, 6.45) is 3.61. The monoisotopic (exact) mass is 204 g/mol. The van der Waals surface area contributed by atoms with Crippen LogP contribution < -0.4 is 0 Å². The van der Waals surface area contributed by atoms with E-state index in [1.165, 1.54) is 29.6 Å². The van der Waals surface area contributed by atoms with Gasteiger partial charge in [-0.2, -0.15) is 0 Å². The summed E-state index contributed by atoms with van der Waals surface area (Å²) >= 11 is 0. The number of rotatable bonds is 1. The Kier molecular flexibility index (Phi) is 3.96. The molecule has 84 valence electrons. The molecule has 0 aromatic carbocycles. The molecule has 0 radical (unpaired) electrons. The zero-order valence-corrected chi connectivity index (χ0v) is 11.1. The summed E-state index contributed by atoms with van der Waals surface area (Å²) in [7, 11) is 0. The molecule has 0 N–H and O–H groups in total. The Morgan fingerprint density at radius 1 is 0.733 bits per heavy atom. The molecule has 15 heavy (non-hydrogen) atoms. The van der Waals surface area contributed by atoms with Gasteiger partial charge in [0.1, 0.15) is 0 Å². The average Bonchev–Trinajstić information content (AvgIpc) is 2.23. The van der Waals surface area contributed by atoms with E-state index < -0.39 is 0 Å². The second-order valence-corrected chi connectivity index (χ2v) is 4.77. The highest BCUT2D eigenvalue weighted by molar-refractivity contribution is 5.46. The fourth-order valence-corrected chi connectivity index (χ4v) is 2.37. The van der Waals surface area contributed by atoms with E-state index in [4.69, 9.17) is 0 Å². The summed E-state index contributed by atoms with van der Waals surface area (Å²) in [5, 5.41) is 0. The molecule has 0 amide bonds. The van der Waals surface area contributed by atoms with Crippen LogP contribution in [-0.2, 0) is 0 Å². The lowest BCUT2D eigenvalue weighted by atomic mass is 9.86. The van der Waals surface area contributed by atoms with Gasteiger partial charge in [-0.1, -0.05) is 18.1 Å². The van der Waals surface area contributed by atoms with Gasteiger partial charge in [0.05, 0.1) is 0 Å². The Balaban J connectivity index is 3.36. The average molecular weight is 204 g/mol. The molecule has 0 saturated carbocycles. The lowest BCUT2D eigenvalue weighted by Crippen LogP contribution is -2.00. The van der Waals surface area contributed by atoms with Gasteiger partial charge in [-0.25, -0.2) is 0 Å². The second-order valence-electron chi connectivity index (χ2n) is 4.77. The van der Waals surface area contributed by atoms with Crippen LogP contribution in [0.1, 0.15) is 60.8 Å². The molecule has 0 saturated heterocycles. The van der Waals surface area contributed by atoms with Gasteiger partial charge in [-0.3, -0.25) is 0 Å². The Labute approximate surface area is 94.8 Å². The molecule has 0 atom stereocenters. The normalized spacial score (nSPS) is 19.6. The highest BCUT2D eigenvalue weighted by atomic mass is 14.2. The summed E-state index contributed by atoms with van der Waals surface area (Å²) in [6.45, 7) is 13.7. The van der Waals surface area contributed by atoms with Crippen LogP contribution in [0.4, 0.5) is 0 Å². The van der Waals surface area contributed by atoms with Gasteiger partial charge < -0.3 is 0 Å². The van der Waals surface area contributed by atoms with E-state index in [9.17, 15) is 0 Å². The molecule has 0 fully saturated rings. The van der Waals surface area contributed by atoms with Crippen molar-refractivity contribution in [2.45, 2.75) is 60.8 Å². The summed E-state index contributed by atoms with van der Waals surface area (Å²) in [5.41, 5.74) is 9.24. The first-order valence-corrected chi connectivity index (χ1v) is 6.02. The highest BCUT2D eigenvalue weighted by Crippen LogP contribution is 2.32. The molecule has 0 unspecified atom stereocenters. The van der Waals surface area contributed by atoms with Crippen LogP contribution in [0.2, 0.25) is 0 Å². The molecular formula is C15H24. The maximum atomic E-state index is 2.28. The van der Waals surface area contributed by atoms with E-state index in [1.807, 2.05) is 0 Å². The van der Waals surface area contributed by atoms with Gasteiger partial charge >= 0.3 is 0 Å². The van der Waals surface area contributed by atoms with E-state index >= 15 is 0 Å². The van der Waals surface area contributed by atoms with Crippen LogP contribution in [0.15, 0.2) is 33.4 Å². The molecule has 0 nitrogen and oxygen atoms in total. The number of allylic oxidation sites excluding steroid dienone is 6. The molecule has 1 aliphatic rings. The summed E-state index contributed by atoms with van der Waals surface area (Å²) in [4.78, 5) is 0. The molecule has 0 aliphatic heterocycles. The van der Waals surface area contributed by atoms with Crippen molar-refractivity contribution in [3.63, 3.8) is 0 Å². The van der Waals surface area contributed by atoms with Crippen molar-refractivity contribution in [2.75, 3.05) is 0 Å². The Hall–Kier alpha value is -0.780. The summed E-state index contributed by atoms with van der Waals surface area (Å²) in [5.74, 6) is 0. The molecule has 1 aliphatic carbocycles. The molecule has 0 spiro atoms. The van der Waals surface area contributed by atoms with Crippen LogP contribution in [-0.4, -0.2) is 0 Å². The lowest BCUT2D eigenvalue weighted by Gasteiger charge is -2.20. The van der Waals surface area contributed by atoms with E-state index in [1.54, 1.807) is 16.7 Å². The van der Waals surface area contributed by atoms with Gasteiger partial charge in [-0.05, 0) is 76.2 Å². The van der Waals surface area contributed by atoms with Crippen molar-refractivity contribution in [1.29, 1.82) is 0 Å². The Morgan fingerprint density at radius 2 is 1.20 bits per heavy atom. The maximum Gasteiger partial charge on any atom is -0.0280 e. The topological polar surface area (TPSA) is 0 Å². The predicted octanol–water partition coefficient (Wildman–Crippen LogP) is 5.18. The third kappa shape index (κ3) is 2.42. The minimum atomic E-state index is 1.15. The zero-order valence-electron chi connectivity index (χ0n) is 11.1. The van der Waals surface area contributed by atoms with Crippen LogP contribution in [0.25, 0.3) is 0 Å². The number of hydrogen-bond donors (Lipinski definition) is 0. The van der Waals surface area contributed by atoms with Gasteiger partial charge in [0, 0.05) is 0 Å². The number of hydrogen-bond acceptors (Lipinski definition) is 0. The third-order valence-corrected chi connectivity index (χ3v) is 3.98. The third-order valence-electron chi connectivity index (χ3n) is 3.98. The van der Waals surface area contributed by atoms with Crippen molar-refractivity contribution in [1.82, 2.24) is 0 Å². The van der Waals surface area contributed by atoms with Crippen molar-refractivity contribution < 1.29 is 0 Å². The van der Waals surface area contributed by atoms with Crippen LogP contribution >= 0.6 is 0 Å². The largest absolute Gasteiger partial charge is 0.0698 e. The standard InChI is InChI=1S/C15H24/c1-7-15-13(5)11(3)9-8-10(2)12(4)14(15)6/h7-9H2,1-6H3. The van der Waals surface area contributed by atoms with E-state index in [0.29, 0.717) is 0 Å². The summed E-state index contributed by atoms with van der Waals surface area (Å²) in [6, 6.07) is 0. The predicted molar refractivity (Wildman–Crippen MR) is 69.0 cm³/mol. The molecule has 1 rings (SSSR count). The Morgan fingerprint density at radius 3 is 1.67 bits per heavy atom. The minimum absolute atomic E-state index is 1.15. The lowest BCUT2D eigenvalue weighted by molar-refractivity contribution is 0.874. The van der Waals surface area contributed by atoms with Gasteiger partial charge in [0.2, 0.25) is 0 Å². The van der Waals surface area contributed by atoms with Crippen LogP contribution in [0.5, 0.6) is 0 Å². The fourth-order valence-electron chi connectivity index (χ4n) is 2.37. The molecular weight excluding hydrogens is 180 g/mol. The molecule has 0 aromatic heterocycles. The van der Waals surface area contributed by atoms with E-state index in [-0.39, 0.29) is 0 Å². The van der Waals surface area contributed by atoms with Crippen LogP contribution in [0, 0.1) is 0 Å². The smallest absolute Gasteiger partial charge is 0.0280 e. The quantitative estimate of drug-likeness (QED) is 0.552. The second kappa shape index (κ2) is 4.83. The first-order chi connectivity index (χ1) is 6.99. The molecule has 0 aromatic rings. The molecule has 0 heteroatoms. The van der Waals surface area contributed by atoms with Crippen molar-refractivity contribution in [2.24, 2.45) is 0 Å². The van der Waals surface area contributed by atoms with E-state index in [2.05, 4.69) is 41.5 Å². The zero-order chi connectivity index (χ0) is 11.6. The molecule has 0 bridgehead atoms. The van der Waals surface area contributed by atoms with Crippen LogP contribution in [0.3, 0.4) is 0 Å². The first-order valence-electron chi connectivity index (χ1n) is 6.02. The van der Waals surface area contributed by atoms with E-state index in [0.717, 1.165) is 6.42 Å². The minimum Gasteiger partial charge on any atom is -0.0698 e.